The third kappa shape index (κ3) is 3.07. The molecule has 0 fully saturated rings. The van der Waals surface area contributed by atoms with Crippen molar-refractivity contribution in [3.05, 3.63) is 102 Å². The van der Waals surface area contributed by atoms with Crippen molar-refractivity contribution in [2.45, 2.75) is 0 Å². The van der Waals surface area contributed by atoms with Crippen molar-refractivity contribution in [2.75, 3.05) is 0 Å². The highest BCUT2D eigenvalue weighted by Crippen LogP contribution is 2.32. The molecule has 0 aliphatic rings. The molecular formula is C24H14F4. The number of hydrogen-bond donors (Lipinski definition) is 0. The molecule has 4 heteroatoms. The monoisotopic (exact) mass is 378 g/mol. The van der Waals surface area contributed by atoms with Crippen molar-refractivity contribution in [1.29, 1.82) is 0 Å². The molecule has 0 aromatic heterocycles. The van der Waals surface area contributed by atoms with Crippen molar-refractivity contribution in [1.82, 2.24) is 0 Å². The van der Waals surface area contributed by atoms with Crippen LogP contribution in [0.1, 0.15) is 5.56 Å². The molecule has 0 bridgehead atoms. The number of benzene rings is 4. The number of fused-ring (bicyclic) bond motifs is 1. The van der Waals surface area contributed by atoms with Crippen LogP contribution in [-0.2, 0) is 0 Å². The van der Waals surface area contributed by atoms with Crippen LogP contribution in [0, 0.1) is 23.3 Å². The van der Waals surface area contributed by atoms with E-state index < -0.39 is 23.3 Å². The van der Waals surface area contributed by atoms with Gasteiger partial charge in [-0.25, -0.2) is 17.6 Å². The Labute approximate surface area is 159 Å². The second-order valence-electron chi connectivity index (χ2n) is 6.44. The van der Waals surface area contributed by atoms with Crippen LogP contribution >= 0.6 is 0 Å². The molecule has 4 aromatic carbocycles. The van der Waals surface area contributed by atoms with E-state index in [0.717, 1.165) is 17.2 Å². The molecule has 0 heterocycles. The van der Waals surface area contributed by atoms with Crippen LogP contribution in [0.15, 0.2) is 73.3 Å². The third-order valence-corrected chi connectivity index (χ3v) is 4.73. The first-order valence-electron chi connectivity index (χ1n) is 8.58. The van der Waals surface area contributed by atoms with E-state index in [2.05, 4.69) is 6.58 Å². The summed E-state index contributed by atoms with van der Waals surface area (Å²) in [4.78, 5) is 0. The Kier molecular flexibility index (Phi) is 4.47. The van der Waals surface area contributed by atoms with Gasteiger partial charge in [0.25, 0.3) is 0 Å². The Morgan fingerprint density at radius 3 is 1.96 bits per heavy atom. The molecular weight excluding hydrogens is 364 g/mol. The maximum absolute atomic E-state index is 14.8. The zero-order valence-corrected chi connectivity index (χ0v) is 14.6. The summed E-state index contributed by atoms with van der Waals surface area (Å²) in [5, 5.41) is 0.111. The van der Waals surface area contributed by atoms with E-state index in [4.69, 9.17) is 0 Å². The largest absolute Gasteiger partial charge is 0.206 e. The lowest BCUT2D eigenvalue weighted by molar-refractivity contribution is 0.453. The maximum atomic E-state index is 14.8. The van der Waals surface area contributed by atoms with Gasteiger partial charge in [-0.3, -0.25) is 0 Å². The normalized spacial score (nSPS) is 11.0. The van der Waals surface area contributed by atoms with Gasteiger partial charge >= 0.3 is 0 Å². The molecule has 138 valence electrons. The second-order valence-corrected chi connectivity index (χ2v) is 6.44. The first-order valence-corrected chi connectivity index (χ1v) is 8.58. The van der Waals surface area contributed by atoms with E-state index >= 15 is 0 Å². The molecule has 0 unspecified atom stereocenters. The zero-order chi connectivity index (χ0) is 19.8. The molecule has 28 heavy (non-hydrogen) atoms. The number of rotatable bonds is 3. The van der Waals surface area contributed by atoms with Crippen LogP contribution in [0.4, 0.5) is 17.6 Å². The molecule has 0 amide bonds. The summed E-state index contributed by atoms with van der Waals surface area (Å²) < 4.78 is 55.5. The fraction of sp³-hybridized carbons (Fsp3) is 0. The fourth-order valence-corrected chi connectivity index (χ4v) is 3.21. The molecule has 0 radical (unpaired) electrons. The average molecular weight is 378 g/mol. The van der Waals surface area contributed by atoms with Gasteiger partial charge in [-0.05, 0) is 45.8 Å². The zero-order valence-electron chi connectivity index (χ0n) is 14.6. The minimum atomic E-state index is -1.52. The first kappa shape index (κ1) is 18.0. The van der Waals surface area contributed by atoms with Gasteiger partial charge in [-0.2, -0.15) is 0 Å². The lowest BCUT2D eigenvalue weighted by Crippen LogP contribution is -1.93. The van der Waals surface area contributed by atoms with Gasteiger partial charge in [0, 0.05) is 10.9 Å². The van der Waals surface area contributed by atoms with Gasteiger partial charge in [0.2, 0.25) is 0 Å². The van der Waals surface area contributed by atoms with Crippen molar-refractivity contribution in [3.63, 3.8) is 0 Å². The van der Waals surface area contributed by atoms with E-state index in [0.29, 0.717) is 16.7 Å². The topological polar surface area (TPSA) is 0 Å². The van der Waals surface area contributed by atoms with E-state index in [1.807, 2.05) is 24.3 Å². The third-order valence-electron chi connectivity index (χ3n) is 4.73. The molecule has 0 atom stereocenters. The summed E-state index contributed by atoms with van der Waals surface area (Å²) in [6, 6.07) is 17.5. The minimum absolute atomic E-state index is 0.0537. The van der Waals surface area contributed by atoms with E-state index in [-0.39, 0.29) is 10.8 Å². The van der Waals surface area contributed by atoms with Crippen LogP contribution in [0.5, 0.6) is 0 Å². The highest BCUT2D eigenvalue weighted by atomic mass is 19.2. The predicted molar refractivity (Wildman–Crippen MR) is 105 cm³/mol. The number of halogens is 4. The molecule has 0 saturated carbocycles. The van der Waals surface area contributed by atoms with Gasteiger partial charge in [0.1, 0.15) is 5.82 Å². The SMILES string of the molecule is C=Cc1ccc(-c2ccc(-c3ccc4c(F)c(F)c(F)cc4c3)c(F)c2)cc1. The lowest BCUT2D eigenvalue weighted by atomic mass is 9.97. The highest BCUT2D eigenvalue weighted by molar-refractivity contribution is 5.88. The maximum Gasteiger partial charge on any atom is 0.195 e. The Morgan fingerprint density at radius 2 is 1.29 bits per heavy atom. The molecule has 4 aromatic rings. The van der Waals surface area contributed by atoms with Crippen LogP contribution in [-0.4, -0.2) is 0 Å². The molecule has 0 saturated heterocycles. The summed E-state index contributed by atoms with van der Waals surface area (Å²) in [5.41, 5.74) is 3.27. The van der Waals surface area contributed by atoms with Crippen LogP contribution in [0.25, 0.3) is 39.1 Å². The van der Waals surface area contributed by atoms with Gasteiger partial charge in [0.05, 0.1) is 0 Å². The second kappa shape index (κ2) is 6.97. The highest BCUT2D eigenvalue weighted by Gasteiger charge is 2.15. The quantitative estimate of drug-likeness (QED) is 0.258. The average Bonchev–Trinajstić information content (AvgIpc) is 2.72. The Hall–Kier alpha value is -3.40. The molecule has 0 aliphatic carbocycles. The lowest BCUT2D eigenvalue weighted by Gasteiger charge is -2.09. The van der Waals surface area contributed by atoms with Crippen LogP contribution in [0.3, 0.4) is 0 Å². The van der Waals surface area contributed by atoms with Gasteiger partial charge in [0.15, 0.2) is 17.5 Å². The fourth-order valence-electron chi connectivity index (χ4n) is 3.21. The summed E-state index contributed by atoms with van der Waals surface area (Å²) in [5.74, 6) is -4.51. The van der Waals surface area contributed by atoms with Crippen molar-refractivity contribution >= 4 is 16.8 Å². The van der Waals surface area contributed by atoms with Crippen LogP contribution < -0.4 is 0 Å². The molecule has 0 nitrogen and oxygen atoms in total. The molecule has 0 aliphatic heterocycles. The van der Waals surface area contributed by atoms with E-state index in [9.17, 15) is 17.6 Å². The summed E-state index contributed by atoms with van der Waals surface area (Å²) in [7, 11) is 0. The van der Waals surface area contributed by atoms with Gasteiger partial charge in [-0.15, -0.1) is 0 Å². The summed E-state index contributed by atoms with van der Waals surface area (Å²) in [6.07, 6.45) is 1.73. The molecule has 0 N–H and O–H groups in total. The minimum Gasteiger partial charge on any atom is -0.206 e. The molecule has 0 spiro atoms. The Balaban J connectivity index is 1.76. The summed E-state index contributed by atoms with van der Waals surface area (Å²) >= 11 is 0. The van der Waals surface area contributed by atoms with Crippen molar-refractivity contribution < 1.29 is 17.6 Å². The predicted octanol–water partition coefficient (Wildman–Crippen LogP) is 7.37. The standard InChI is InChI=1S/C24H14F4/c1-2-14-3-5-15(6-4-14)16-7-9-19(21(25)12-16)17-8-10-20-18(11-17)13-22(26)24(28)23(20)27/h2-13H,1H2. The van der Waals surface area contributed by atoms with Gasteiger partial charge in [-0.1, -0.05) is 61.2 Å². The Bertz CT molecular complexity index is 1210. The van der Waals surface area contributed by atoms with Gasteiger partial charge < -0.3 is 0 Å². The molecule has 4 rings (SSSR count). The van der Waals surface area contributed by atoms with E-state index in [1.54, 1.807) is 18.2 Å². The smallest absolute Gasteiger partial charge is 0.195 e. The van der Waals surface area contributed by atoms with E-state index in [1.165, 1.54) is 24.3 Å². The summed E-state index contributed by atoms with van der Waals surface area (Å²) in [6.45, 7) is 3.70. The first-order chi connectivity index (χ1) is 13.5. The Morgan fingerprint density at radius 1 is 0.607 bits per heavy atom. The van der Waals surface area contributed by atoms with Crippen molar-refractivity contribution in [3.8, 4) is 22.3 Å². The van der Waals surface area contributed by atoms with Crippen molar-refractivity contribution in [2.24, 2.45) is 0 Å². The number of hydrogen-bond acceptors (Lipinski definition) is 0. The van der Waals surface area contributed by atoms with Crippen LogP contribution in [0.2, 0.25) is 0 Å².